The molecule has 2 aromatic heterocycles. The summed E-state index contributed by atoms with van der Waals surface area (Å²) in [4.78, 5) is 36.5. The minimum absolute atomic E-state index is 0.0166. The maximum absolute atomic E-state index is 12.6. The number of carbonyl (C=O) groups is 3. The number of methoxy groups -OCH3 is 2. The van der Waals surface area contributed by atoms with Crippen LogP contribution in [-0.2, 0) is 14.3 Å². The van der Waals surface area contributed by atoms with Crippen molar-refractivity contribution in [2.24, 2.45) is 0 Å². The summed E-state index contributed by atoms with van der Waals surface area (Å²) in [6, 6.07) is 7.74. The van der Waals surface area contributed by atoms with Crippen LogP contribution < -0.4 is 5.32 Å². The van der Waals surface area contributed by atoms with Crippen LogP contribution in [0.3, 0.4) is 0 Å². The number of amides is 1. The summed E-state index contributed by atoms with van der Waals surface area (Å²) in [5.41, 5.74) is 0.477. The van der Waals surface area contributed by atoms with E-state index < -0.39 is 11.9 Å². The molecule has 0 radical (unpaired) electrons. The molecule has 2 heterocycles. The molecule has 1 amide bonds. The zero-order valence-electron chi connectivity index (χ0n) is 18.2. The second-order valence-corrected chi connectivity index (χ2v) is 8.72. The van der Waals surface area contributed by atoms with Crippen molar-refractivity contribution in [1.82, 2.24) is 14.8 Å². The number of halogens is 1. The lowest BCUT2D eigenvalue weighted by atomic mass is 10.1. The highest BCUT2D eigenvalue weighted by Gasteiger charge is 2.20. The molecule has 3 rings (SSSR count). The van der Waals surface area contributed by atoms with Crippen molar-refractivity contribution in [3.8, 4) is 11.6 Å². The zero-order chi connectivity index (χ0) is 24.1. The van der Waals surface area contributed by atoms with Crippen LogP contribution >= 0.6 is 27.7 Å². The van der Waals surface area contributed by atoms with Gasteiger partial charge in [0, 0.05) is 11.7 Å². The van der Waals surface area contributed by atoms with Gasteiger partial charge in [0.2, 0.25) is 11.7 Å². The van der Waals surface area contributed by atoms with Gasteiger partial charge < -0.3 is 19.2 Å². The number of hydrogen-bond donors (Lipinski definition) is 1. The summed E-state index contributed by atoms with van der Waals surface area (Å²) in [7, 11) is 2.45. The molecule has 12 heteroatoms. The van der Waals surface area contributed by atoms with Crippen molar-refractivity contribution in [2.75, 3.05) is 25.3 Å². The first-order valence-corrected chi connectivity index (χ1v) is 11.5. The first-order chi connectivity index (χ1) is 15.7. The van der Waals surface area contributed by atoms with Crippen LogP contribution in [0.2, 0.25) is 0 Å². The molecule has 1 N–H and O–H groups in total. The molecule has 0 fully saturated rings. The summed E-state index contributed by atoms with van der Waals surface area (Å²) in [6.45, 7) is 3.95. The average Bonchev–Trinajstić information content (AvgIpc) is 3.42. The Balaban J connectivity index is 1.76. The van der Waals surface area contributed by atoms with Gasteiger partial charge in [-0.2, -0.15) is 0 Å². The number of thioether (sulfide) groups is 1. The number of hydrogen-bond acceptors (Lipinski definition) is 9. The predicted molar refractivity (Wildman–Crippen MR) is 124 cm³/mol. The Bertz CT molecular complexity index is 1160. The smallest absolute Gasteiger partial charge is 0.337 e. The van der Waals surface area contributed by atoms with Crippen LogP contribution in [0.5, 0.6) is 0 Å². The fourth-order valence-electron chi connectivity index (χ4n) is 2.94. The maximum atomic E-state index is 12.6. The number of carbonyl (C=O) groups excluding carboxylic acids is 3. The molecule has 174 valence electrons. The van der Waals surface area contributed by atoms with Crippen LogP contribution in [0.15, 0.2) is 44.6 Å². The van der Waals surface area contributed by atoms with E-state index in [0.29, 0.717) is 21.4 Å². The fourth-order valence-corrected chi connectivity index (χ4v) is 4.12. The van der Waals surface area contributed by atoms with Crippen molar-refractivity contribution >= 4 is 51.2 Å². The van der Waals surface area contributed by atoms with Crippen molar-refractivity contribution in [2.45, 2.75) is 25.0 Å². The molecular formula is C21H21BrN4O6S. The molecule has 33 heavy (non-hydrogen) atoms. The Morgan fingerprint density at radius 1 is 1.09 bits per heavy atom. The lowest BCUT2D eigenvalue weighted by molar-refractivity contribution is -0.113. The summed E-state index contributed by atoms with van der Waals surface area (Å²) in [5, 5.41) is 11.6. The molecule has 0 aliphatic carbocycles. The third-order valence-corrected chi connectivity index (χ3v) is 5.74. The van der Waals surface area contributed by atoms with Crippen molar-refractivity contribution < 1.29 is 28.3 Å². The molecule has 0 saturated heterocycles. The molecule has 0 aliphatic heterocycles. The number of aromatic nitrogens is 3. The molecule has 0 spiro atoms. The van der Waals surface area contributed by atoms with E-state index >= 15 is 0 Å². The van der Waals surface area contributed by atoms with E-state index in [-0.39, 0.29) is 34.5 Å². The number of ether oxygens (including phenoxy) is 2. The Morgan fingerprint density at radius 3 is 2.24 bits per heavy atom. The van der Waals surface area contributed by atoms with Gasteiger partial charge in [-0.1, -0.05) is 11.8 Å². The van der Waals surface area contributed by atoms with Crippen LogP contribution in [0, 0.1) is 0 Å². The topological polar surface area (TPSA) is 126 Å². The van der Waals surface area contributed by atoms with E-state index in [1.807, 2.05) is 18.4 Å². The maximum Gasteiger partial charge on any atom is 0.337 e. The second-order valence-electron chi connectivity index (χ2n) is 6.99. The minimum Gasteiger partial charge on any atom is -0.465 e. The van der Waals surface area contributed by atoms with E-state index in [9.17, 15) is 14.4 Å². The van der Waals surface area contributed by atoms with Crippen LogP contribution in [-0.4, -0.2) is 52.6 Å². The van der Waals surface area contributed by atoms with Gasteiger partial charge in [0.25, 0.3) is 0 Å². The van der Waals surface area contributed by atoms with E-state index in [0.717, 1.165) is 0 Å². The molecular weight excluding hydrogens is 516 g/mol. The fraction of sp³-hybridized carbons (Fsp3) is 0.286. The third kappa shape index (κ3) is 5.82. The van der Waals surface area contributed by atoms with Crippen LogP contribution in [0.4, 0.5) is 5.69 Å². The number of benzene rings is 1. The standard InChI is InChI=1S/C21H21BrN4O6S/c1-11(2)26-18(15-5-6-16(22)32-15)24-25-21(26)33-10-17(27)23-14-8-12(19(28)30-3)7-13(9-14)20(29)31-4/h5-9,11H,10H2,1-4H3,(H,23,27). The lowest BCUT2D eigenvalue weighted by Gasteiger charge is -2.13. The Kier molecular flexibility index (Phi) is 7.92. The van der Waals surface area contributed by atoms with E-state index in [2.05, 4.69) is 31.4 Å². The van der Waals surface area contributed by atoms with Crippen molar-refractivity contribution in [1.29, 1.82) is 0 Å². The molecule has 1 aromatic carbocycles. The zero-order valence-corrected chi connectivity index (χ0v) is 20.7. The first kappa shape index (κ1) is 24.5. The highest BCUT2D eigenvalue weighted by molar-refractivity contribution is 9.10. The molecule has 10 nitrogen and oxygen atoms in total. The Morgan fingerprint density at radius 2 is 1.73 bits per heavy atom. The predicted octanol–water partition coefficient (Wildman–Crippen LogP) is 4.19. The highest BCUT2D eigenvalue weighted by atomic mass is 79.9. The van der Waals surface area contributed by atoms with E-state index in [1.54, 1.807) is 12.1 Å². The summed E-state index contributed by atoms with van der Waals surface area (Å²) < 4.78 is 17.5. The Labute approximate surface area is 202 Å². The minimum atomic E-state index is -0.646. The molecule has 0 unspecified atom stereocenters. The van der Waals surface area contributed by atoms with E-state index in [4.69, 9.17) is 13.9 Å². The largest absolute Gasteiger partial charge is 0.465 e. The summed E-state index contributed by atoms with van der Waals surface area (Å²) >= 11 is 4.47. The van der Waals surface area contributed by atoms with Gasteiger partial charge in [-0.15, -0.1) is 10.2 Å². The van der Waals surface area contributed by atoms with Crippen LogP contribution in [0.1, 0.15) is 40.6 Å². The molecule has 0 aliphatic rings. The summed E-state index contributed by atoms with van der Waals surface area (Å²) in [6.07, 6.45) is 0. The number of furan rings is 1. The highest BCUT2D eigenvalue weighted by Crippen LogP contribution is 2.30. The number of anilines is 1. The SMILES string of the molecule is COC(=O)c1cc(NC(=O)CSc2nnc(-c3ccc(Br)o3)n2C(C)C)cc(C(=O)OC)c1. The number of esters is 2. The Hall–Kier alpha value is -3.12. The van der Waals surface area contributed by atoms with Gasteiger partial charge in [-0.25, -0.2) is 9.59 Å². The van der Waals surface area contributed by atoms with Gasteiger partial charge in [0.1, 0.15) is 0 Å². The van der Waals surface area contributed by atoms with Crippen LogP contribution in [0.25, 0.3) is 11.6 Å². The molecule has 0 atom stereocenters. The number of nitrogens with zero attached hydrogens (tertiary/aromatic N) is 3. The first-order valence-electron chi connectivity index (χ1n) is 9.68. The quantitative estimate of drug-likeness (QED) is 0.333. The second kappa shape index (κ2) is 10.7. The average molecular weight is 537 g/mol. The van der Waals surface area contributed by atoms with Crippen molar-refractivity contribution in [3.05, 3.63) is 46.1 Å². The van der Waals surface area contributed by atoms with Crippen molar-refractivity contribution in [3.63, 3.8) is 0 Å². The molecule has 0 saturated carbocycles. The van der Waals surface area contributed by atoms with Gasteiger partial charge in [-0.3, -0.25) is 9.36 Å². The molecule has 0 bridgehead atoms. The monoisotopic (exact) mass is 536 g/mol. The van der Waals surface area contributed by atoms with Gasteiger partial charge in [0.15, 0.2) is 15.6 Å². The van der Waals surface area contributed by atoms with Gasteiger partial charge in [-0.05, 0) is 60.1 Å². The van der Waals surface area contributed by atoms with E-state index in [1.165, 1.54) is 44.2 Å². The molecule has 3 aromatic rings. The third-order valence-electron chi connectivity index (χ3n) is 4.37. The van der Waals surface area contributed by atoms with Gasteiger partial charge in [0.05, 0.1) is 31.1 Å². The van der Waals surface area contributed by atoms with Gasteiger partial charge >= 0.3 is 11.9 Å². The summed E-state index contributed by atoms with van der Waals surface area (Å²) in [5.74, 6) is -0.539. The lowest BCUT2D eigenvalue weighted by Crippen LogP contribution is -2.16. The normalized spacial score (nSPS) is 10.8. The number of nitrogens with one attached hydrogen (secondary N) is 1. The number of rotatable bonds is 8.